The number of halogens is 4. The molecule has 2 rings (SSSR count). The van der Waals surface area contributed by atoms with Crippen LogP contribution in [0.2, 0.25) is 5.02 Å². The van der Waals surface area contributed by atoms with Gasteiger partial charge in [-0.25, -0.2) is 4.79 Å². The molecule has 18 heavy (non-hydrogen) atoms. The molecule has 98 valence electrons. The molecule has 0 atom stereocenters. The summed E-state index contributed by atoms with van der Waals surface area (Å²) in [6.45, 7) is 0.507. The molecule has 1 heterocycles. The van der Waals surface area contributed by atoms with Gasteiger partial charge in [-0.2, -0.15) is 13.2 Å². The third kappa shape index (κ3) is 2.94. The van der Waals surface area contributed by atoms with Gasteiger partial charge in [-0.05, 0) is 17.7 Å². The predicted molar refractivity (Wildman–Crippen MR) is 57.9 cm³/mol. The van der Waals surface area contributed by atoms with Gasteiger partial charge in [-0.1, -0.05) is 23.7 Å². The summed E-state index contributed by atoms with van der Waals surface area (Å²) in [4.78, 5) is 14.7. The molecule has 0 unspecified atom stereocenters. The number of benzene rings is 1. The fourth-order valence-corrected chi connectivity index (χ4v) is 1.75. The van der Waals surface area contributed by atoms with E-state index in [2.05, 4.69) is 4.84 Å². The maximum atomic E-state index is 11.9. The molecule has 0 bridgehead atoms. The van der Waals surface area contributed by atoms with Gasteiger partial charge in [0.2, 0.25) is 0 Å². The molecule has 0 radical (unpaired) electrons. The van der Waals surface area contributed by atoms with E-state index in [1.807, 2.05) is 0 Å². The Balaban J connectivity index is 1.84. The maximum absolute atomic E-state index is 11.9. The Morgan fingerprint density at radius 1 is 1.28 bits per heavy atom. The van der Waals surface area contributed by atoms with Crippen LogP contribution in [-0.4, -0.2) is 30.3 Å². The third-order valence-corrected chi connectivity index (χ3v) is 2.88. The van der Waals surface area contributed by atoms with E-state index < -0.39 is 12.1 Å². The second kappa shape index (κ2) is 4.78. The molecule has 0 spiro atoms. The summed E-state index contributed by atoms with van der Waals surface area (Å²) in [5.41, 5.74) is 0.957. The zero-order valence-electron chi connectivity index (χ0n) is 9.08. The van der Waals surface area contributed by atoms with Crippen molar-refractivity contribution in [1.29, 1.82) is 0 Å². The van der Waals surface area contributed by atoms with E-state index in [1.54, 1.807) is 24.3 Å². The van der Waals surface area contributed by atoms with Crippen LogP contribution >= 0.6 is 11.6 Å². The van der Waals surface area contributed by atoms with Crippen LogP contribution < -0.4 is 0 Å². The first-order valence-corrected chi connectivity index (χ1v) is 5.53. The summed E-state index contributed by atoms with van der Waals surface area (Å²) in [5.74, 6) is -2.12. The lowest BCUT2D eigenvalue weighted by Crippen LogP contribution is -2.47. The van der Waals surface area contributed by atoms with Crippen LogP contribution in [0.1, 0.15) is 11.5 Å². The molecular formula is C11H9ClF3NO2. The first-order valence-electron chi connectivity index (χ1n) is 5.16. The smallest absolute Gasteiger partial charge is 0.361 e. The highest BCUT2D eigenvalue weighted by molar-refractivity contribution is 6.30. The lowest BCUT2D eigenvalue weighted by Gasteiger charge is -2.37. The second-order valence-electron chi connectivity index (χ2n) is 3.97. The largest absolute Gasteiger partial charge is 0.492 e. The van der Waals surface area contributed by atoms with Gasteiger partial charge in [0.15, 0.2) is 0 Å². The minimum atomic E-state index is -4.95. The fourth-order valence-electron chi connectivity index (χ4n) is 1.63. The Kier molecular flexibility index (Phi) is 3.49. The molecule has 1 aliphatic heterocycles. The summed E-state index contributed by atoms with van der Waals surface area (Å²) in [6.07, 6.45) is -4.95. The Morgan fingerprint density at radius 3 is 2.33 bits per heavy atom. The highest BCUT2D eigenvalue weighted by Crippen LogP contribution is 2.29. The van der Waals surface area contributed by atoms with Crippen molar-refractivity contribution in [3.63, 3.8) is 0 Å². The van der Waals surface area contributed by atoms with Gasteiger partial charge in [-0.15, -0.1) is 5.06 Å². The molecular weight excluding hydrogens is 271 g/mol. The van der Waals surface area contributed by atoms with E-state index in [0.29, 0.717) is 5.02 Å². The first kappa shape index (κ1) is 13.2. The van der Waals surface area contributed by atoms with Crippen LogP contribution in [0.4, 0.5) is 13.2 Å². The molecule has 0 saturated carbocycles. The first-order chi connectivity index (χ1) is 8.36. The van der Waals surface area contributed by atoms with Crippen LogP contribution in [0.25, 0.3) is 0 Å². The molecule has 1 aromatic carbocycles. The van der Waals surface area contributed by atoms with E-state index in [4.69, 9.17) is 11.6 Å². The third-order valence-electron chi connectivity index (χ3n) is 2.63. The van der Waals surface area contributed by atoms with Crippen molar-refractivity contribution in [3.8, 4) is 0 Å². The topological polar surface area (TPSA) is 29.5 Å². The molecule has 0 N–H and O–H groups in total. The maximum Gasteiger partial charge on any atom is 0.492 e. The second-order valence-corrected chi connectivity index (χ2v) is 4.41. The lowest BCUT2D eigenvalue weighted by atomic mass is 9.93. The number of alkyl halides is 3. The number of hydrogen-bond donors (Lipinski definition) is 0. The lowest BCUT2D eigenvalue weighted by molar-refractivity contribution is -0.253. The van der Waals surface area contributed by atoms with Crippen LogP contribution in [-0.2, 0) is 9.63 Å². The van der Waals surface area contributed by atoms with Crippen LogP contribution in [0.3, 0.4) is 0 Å². The number of hydroxylamine groups is 2. The van der Waals surface area contributed by atoms with Crippen molar-refractivity contribution < 1.29 is 22.8 Å². The van der Waals surface area contributed by atoms with Crippen molar-refractivity contribution in [2.24, 2.45) is 0 Å². The highest BCUT2D eigenvalue weighted by atomic mass is 35.5. The molecule has 1 aliphatic rings. The molecule has 1 fully saturated rings. The minimum Gasteiger partial charge on any atom is -0.361 e. The molecule has 0 amide bonds. The minimum absolute atomic E-state index is 0.0586. The van der Waals surface area contributed by atoms with Crippen LogP contribution in [0, 0.1) is 0 Å². The van der Waals surface area contributed by atoms with Gasteiger partial charge in [-0.3, -0.25) is 0 Å². The molecule has 1 aromatic rings. The Morgan fingerprint density at radius 2 is 1.83 bits per heavy atom. The zero-order valence-corrected chi connectivity index (χ0v) is 9.83. The van der Waals surface area contributed by atoms with E-state index in [9.17, 15) is 18.0 Å². The van der Waals surface area contributed by atoms with Gasteiger partial charge in [0, 0.05) is 24.0 Å². The SMILES string of the molecule is O=C(ON1CC(c2ccc(Cl)cc2)C1)C(F)(F)F. The molecule has 3 nitrogen and oxygen atoms in total. The highest BCUT2D eigenvalue weighted by Gasteiger charge is 2.44. The Labute approximate surface area is 106 Å². The predicted octanol–water partition coefficient (Wildman–Crippen LogP) is 2.76. The normalized spacial score (nSPS) is 17.3. The average Bonchev–Trinajstić information content (AvgIpc) is 2.23. The van der Waals surface area contributed by atoms with E-state index in [1.165, 1.54) is 0 Å². The Bertz CT molecular complexity index is 441. The van der Waals surface area contributed by atoms with Crippen molar-refractivity contribution in [2.75, 3.05) is 13.1 Å². The number of hydrogen-bond acceptors (Lipinski definition) is 3. The van der Waals surface area contributed by atoms with Gasteiger partial charge in [0.05, 0.1) is 0 Å². The van der Waals surface area contributed by atoms with Gasteiger partial charge in [0.1, 0.15) is 0 Å². The molecule has 7 heteroatoms. The number of carbonyl (C=O) groups is 1. The van der Waals surface area contributed by atoms with Crippen molar-refractivity contribution >= 4 is 17.6 Å². The molecule has 1 saturated heterocycles. The van der Waals surface area contributed by atoms with Gasteiger partial charge >= 0.3 is 12.1 Å². The number of nitrogens with zero attached hydrogens (tertiary/aromatic N) is 1. The van der Waals surface area contributed by atoms with E-state index in [-0.39, 0.29) is 19.0 Å². The van der Waals surface area contributed by atoms with Crippen molar-refractivity contribution in [3.05, 3.63) is 34.9 Å². The molecule has 0 aliphatic carbocycles. The summed E-state index contributed by atoms with van der Waals surface area (Å²) < 4.78 is 35.8. The van der Waals surface area contributed by atoms with Crippen molar-refractivity contribution in [1.82, 2.24) is 5.06 Å². The molecule has 0 aromatic heterocycles. The quantitative estimate of drug-likeness (QED) is 0.834. The summed E-state index contributed by atoms with van der Waals surface area (Å²) in [7, 11) is 0. The fraction of sp³-hybridized carbons (Fsp3) is 0.364. The summed E-state index contributed by atoms with van der Waals surface area (Å²) in [6, 6.07) is 7.02. The Hall–Kier alpha value is -1.27. The summed E-state index contributed by atoms with van der Waals surface area (Å²) in [5, 5.41) is 1.59. The summed E-state index contributed by atoms with van der Waals surface area (Å²) >= 11 is 5.72. The van der Waals surface area contributed by atoms with Gasteiger partial charge < -0.3 is 4.84 Å². The van der Waals surface area contributed by atoms with Gasteiger partial charge in [0.25, 0.3) is 0 Å². The van der Waals surface area contributed by atoms with E-state index >= 15 is 0 Å². The zero-order chi connectivity index (χ0) is 13.3. The number of carbonyl (C=O) groups excluding carboxylic acids is 1. The van der Waals surface area contributed by atoms with Crippen molar-refractivity contribution in [2.45, 2.75) is 12.1 Å². The van der Waals surface area contributed by atoms with Crippen LogP contribution in [0.5, 0.6) is 0 Å². The number of rotatable bonds is 2. The monoisotopic (exact) mass is 279 g/mol. The standard InChI is InChI=1S/C11H9ClF3NO2/c12-9-3-1-7(2-4-9)8-5-16(6-8)18-10(17)11(13,14)15/h1-4,8H,5-6H2. The average molecular weight is 280 g/mol. The van der Waals surface area contributed by atoms with E-state index in [0.717, 1.165) is 10.6 Å². The van der Waals surface area contributed by atoms with Crippen LogP contribution in [0.15, 0.2) is 24.3 Å².